The van der Waals surface area contributed by atoms with E-state index in [-0.39, 0.29) is 0 Å². The molecule has 0 aliphatic heterocycles. The highest BCUT2D eigenvalue weighted by Crippen LogP contribution is 2.38. The lowest BCUT2D eigenvalue weighted by molar-refractivity contribution is 0.156. The standard InChI is InChI=1S/C23H19N3O2/c27-20-11-3-9-17-16(20)8-4-12-21(17)28-23-18-7-1-2-10-19(18)25-22(26-23)15-6-5-13-24-14-15/h1-2,4-8,10,12-14,20,27H,3,9,11H2/t20-/m1/s1. The molecular formula is C23H19N3O2. The summed E-state index contributed by atoms with van der Waals surface area (Å²) in [6.45, 7) is 0. The summed E-state index contributed by atoms with van der Waals surface area (Å²) in [5.41, 5.74) is 3.67. The van der Waals surface area contributed by atoms with Crippen LogP contribution in [0.25, 0.3) is 22.3 Å². The molecular weight excluding hydrogens is 350 g/mol. The average Bonchev–Trinajstić information content (AvgIpc) is 2.75. The second-order valence-corrected chi connectivity index (χ2v) is 6.95. The summed E-state index contributed by atoms with van der Waals surface area (Å²) in [4.78, 5) is 13.5. The van der Waals surface area contributed by atoms with Gasteiger partial charge in [0.05, 0.1) is 17.0 Å². The SMILES string of the molecule is O[C@@H]1CCCc2c(Oc3nc(-c4cccnc4)nc4ccccc34)cccc21. The zero-order valence-corrected chi connectivity index (χ0v) is 15.2. The topological polar surface area (TPSA) is 68.1 Å². The minimum atomic E-state index is -0.430. The molecule has 5 nitrogen and oxygen atoms in total. The molecule has 0 saturated heterocycles. The van der Waals surface area contributed by atoms with E-state index in [9.17, 15) is 5.11 Å². The van der Waals surface area contributed by atoms with Crippen LogP contribution in [0.4, 0.5) is 0 Å². The van der Waals surface area contributed by atoms with E-state index < -0.39 is 6.10 Å². The van der Waals surface area contributed by atoms with E-state index in [2.05, 4.69) is 9.97 Å². The number of aliphatic hydroxyl groups excluding tert-OH is 1. The fourth-order valence-corrected chi connectivity index (χ4v) is 3.74. The third-order valence-corrected chi connectivity index (χ3v) is 5.13. The van der Waals surface area contributed by atoms with Gasteiger partial charge in [-0.3, -0.25) is 4.98 Å². The fourth-order valence-electron chi connectivity index (χ4n) is 3.74. The van der Waals surface area contributed by atoms with Crippen LogP contribution in [-0.4, -0.2) is 20.1 Å². The third kappa shape index (κ3) is 3.00. The van der Waals surface area contributed by atoms with E-state index in [0.717, 1.165) is 52.6 Å². The van der Waals surface area contributed by atoms with Crippen molar-refractivity contribution in [2.75, 3.05) is 0 Å². The highest BCUT2D eigenvalue weighted by molar-refractivity contribution is 5.85. The van der Waals surface area contributed by atoms with E-state index in [4.69, 9.17) is 9.72 Å². The largest absolute Gasteiger partial charge is 0.438 e. The highest BCUT2D eigenvalue weighted by atomic mass is 16.5. The Kier molecular flexibility index (Phi) is 4.22. The van der Waals surface area contributed by atoms with Gasteiger partial charge in [0.25, 0.3) is 0 Å². The number of hydrogen-bond donors (Lipinski definition) is 1. The number of fused-ring (bicyclic) bond motifs is 2. The van der Waals surface area contributed by atoms with E-state index in [1.807, 2.05) is 54.6 Å². The van der Waals surface area contributed by atoms with Gasteiger partial charge >= 0.3 is 0 Å². The van der Waals surface area contributed by atoms with Gasteiger partial charge in [-0.05, 0) is 55.2 Å². The first-order valence-corrected chi connectivity index (χ1v) is 9.44. The van der Waals surface area contributed by atoms with Crippen molar-refractivity contribution in [3.63, 3.8) is 0 Å². The Morgan fingerprint density at radius 2 is 1.89 bits per heavy atom. The summed E-state index contributed by atoms with van der Waals surface area (Å²) >= 11 is 0. The lowest BCUT2D eigenvalue weighted by Gasteiger charge is -2.23. The molecule has 2 heterocycles. The number of nitrogens with zero attached hydrogens (tertiary/aromatic N) is 3. The summed E-state index contributed by atoms with van der Waals surface area (Å²) in [5.74, 6) is 1.83. The number of pyridine rings is 1. The second-order valence-electron chi connectivity index (χ2n) is 6.95. The summed E-state index contributed by atoms with van der Waals surface area (Å²) in [7, 11) is 0. The lowest BCUT2D eigenvalue weighted by atomic mass is 9.89. The molecule has 2 aromatic heterocycles. The van der Waals surface area contributed by atoms with Crippen molar-refractivity contribution in [1.29, 1.82) is 0 Å². The zero-order chi connectivity index (χ0) is 18.9. The predicted molar refractivity (Wildman–Crippen MR) is 107 cm³/mol. The summed E-state index contributed by atoms with van der Waals surface area (Å²) in [6.07, 6.45) is 5.66. The minimum Gasteiger partial charge on any atom is -0.438 e. The molecule has 4 aromatic rings. The van der Waals surface area contributed by atoms with E-state index in [1.54, 1.807) is 12.4 Å². The summed E-state index contributed by atoms with van der Waals surface area (Å²) < 4.78 is 6.32. The minimum absolute atomic E-state index is 0.430. The van der Waals surface area contributed by atoms with Crippen LogP contribution >= 0.6 is 0 Å². The number of aromatic nitrogens is 3. The molecule has 0 unspecified atom stereocenters. The normalized spacial score (nSPS) is 16.0. The predicted octanol–water partition coefficient (Wildman–Crippen LogP) is 4.85. The van der Waals surface area contributed by atoms with E-state index in [1.165, 1.54) is 0 Å². The third-order valence-electron chi connectivity index (χ3n) is 5.13. The Morgan fingerprint density at radius 3 is 2.79 bits per heavy atom. The summed E-state index contributed by atoms with van der Waals surface area (Å²) in [5, 5.41) is 11.2. The molecule has 5 heteroatoms. The van der Waals surface area contributed by atoms with Gasteiger partial charge in [0, 0.05) is 23.5 Å². The Labute approximate surface area is 162 Å². The molecule has 0 bridgehead atoms. The lowest BCUT2D eigenvalue weighted by Crippen LogP contribution is -2.10. The maximum absolute atomic E-state index is 10.3. The maximum atomic E-state index is 10.3. The number of aliphatic hydroxyl groups is 1. The van der Waals surface area contributed by atoms with Crippen molar-refractivity contribution in [1.82, 2.24) is 15.0 Å². The van der Waals surface area contributed by atoms with Crippen LogP contribution in [0.2, 0.25) is 0 Å². The van der Waals surface area contributed by atoms with Gasteiger partial charge in [0.15, 0.2) is 5.82 Å². The van der Waals surface area contributed by atoms with Crippen molar-refractivity contribution < 1.29 is 9.84 Å². The number of benzene rings is 2. The van der Waals surface area contributed by atoms with Gasteiger partial charge in [-0.2, -0.15) is 4.98 Å². The average molecular weight is 369 g/mol. The van der Waals surface area contributed by atoms with Crippen LogP contribution in [-0.2, 0) is 6.42 Å². The molecule has 0 saturated carbocycles. The molecule has 5 rings (SSSR count). The molecule has 1 atom stereocenters. The quantitative estimate of drug-likeness (QED) is 0.559. The Hall–Kier alpha value is -3.31. The van der Waals surface area contributed by atoms with Crippen molar-refractivity contribution in [2.24, 2.45) is 0 Å². The molecule has 1 N–H and O–H groups in total. The Morgan fingerprint density at radius 1 is 0.964 bits per heavy atom. The first kappa shape index (κ1) is 16.8. The Balaban J connectivity index is 1.64. The van der Waals surface area contributed by atoms with Crippen LogP contribution in [0.15, 0.2) is 67.0 Å². The molecule has 1 aliphatic carbocycles. The van der Waals surface area contributed by atoms with Crippen LogP contribution in [0.3, 0.4) is 0 Å². The van der Waals surface area contributed by atoms with Gasteiger partial charge in [-0.15, -0.1) is 0 Å². The van der Waals surface area contributed by atoms with Gasteiger partial charge in [-0.25, -0.2) is 4.98 Å². The number of hydrogen-bond acceptors (Lipinski definition) is 5. The van der Waals surface area contributed by atoms with Gasteiger partial charge in [-0.1, -0.05) is 24.3 Å². The summed E-state index contributed by atoms with van der Waals surface area (Å²) in [6, 6.07) is 17.5. The van der Waals surface area contributed by atoms with Crippen molar-refractivity contribution in [3.8, 4) is 23.0 Å². The van der Waals surface area contributed by atoms with Crippen molar-refractivity contribution in [3.05, 3.63) is 78.1 Å². The Bertz CT molecular complexity index is 1150. The fraction of sp³-hybridized carbons (Fsp3) is 0.174. The first-order chi connectivity index (χ1) is 13.8. The molecule has 0 fully saturated rings. The molecule has 138 valence electrons. The first-order valence-electron chi connectivity index (χ1n) is 9.44. The van der Waals surface area contributed by atoms with Crippen LogP contribution < -0.4 is 4.74 Å². The van der Waals surface area contributed by atoms with Crippen molar-refractivity contribution >= 4 is 10.9 Å². The molecule has 0 radical (unpaired) electrons. The monoisotopic (exact) mass is 369 g/mol. The van der Waals surface area contributed by atoms with E-state index in [0.29, 0.717) is 11.7 Å². The smallest absolute Gasteiger partial charge is 0.230 e. The molecule has 1 aliphatic rings. The van der Waals surface area contributed by atoms with Gasteiger partial charge < -0.3 is 9.84 Å². The number of para-hydroxylation sites is 1. The molecule has 0 spiro atoms. The van der Waals surface area contributed by atoms with Gasteiger partial charge in [0.1, 0.15) is 5.75 Å². The molecule has 2 aromatic carbocycles. The van der Waals surface area contributed by atoms with E-state index >= 15 is 0 Å². The highest BCUT2D eigenvalue weighted by Gasteiger charge is 2.22. The second kappa shape index (κ2) is 7.02. The number of rotatable bonds is 3. The number of ether oxygens (including phenoxy) is 1. The van der Waals surface area contributed by atoms with Crippen LogP contribution in [0.1, 0.15) is 30.1 Å². The zero-order valence-electron chi connectivity index (χ0n) is 15.2. The van der Waals surface area contributed by atoms with Gasteiger partial charge in [0.2, 0.25) is 5.88 Å². The molecule has 0 amide bonds. The van der Waals surface area contributed by atoms with Crippen LogP contribution in [0.5, 0.6) is 11.6 Å². The van der Waals surface area contributed by atoms with Crippen molar-refractivity contribution in [2.45, 2.75) is 25.4 Å². The molecule has 28 heavy (non-hydrogen) atoms. The maximum Gasteiger partial charge on any atom is 0.230 e. The van der Waals surface area contributed by atoms with Crippen LogP contribution in [0, 0.1) is 0 Å².